The number of nitrogens with zero attached hydrogens (tertiary/aromatic N) is 2. The van der Waals surface area contributed by atoms with E-state index in [-0.39, 0.29) is 29.6 Å². The minimum atomic E-state index is -0.646. The highest BCUT2D eigenvalue weighted by atomic mass is 16.6. The van der Waals surface area contributed by atoms with Gasteiger partial charge in [0, 0.05) is 17.5 Å². The first kappa shape index (κ1) is 20.0. The Morgan fingerprint density at radius 3 is 2.75 bits per heavy atom. The maximum atomic E-state index is 12.8. The molecule has 0 unspecified atom stereocenters. The standard InChI is InChI=1S/C20H26N4O4/c1-3-4-7-17(20(27)21-15-8-5-6-14(15)12(2)25)22-19(26)13-9-10-16-18(11-13)24-28-23-16/h9-11,14-15,17H,3-8H2,1-2H3,(H,21,27)(H,22,26)/t14-,15-,17-/m0/s1. The number of ketones is 1. The molecule has 0 radical (unpaired) electrons. The highest BCUT2D eigenvalue weighted by molar-refractivity contribution is 5.99. The highest BCUT2D eigenvalue weighted by Crippen LogP contribution is 2.26. The summed E-state index contributed by atoms with van der Waals surface area (Å²) in [5.74, 6) is -0.611. The Labute approximate surface area is 163 Å². The van der Waals surface area contributed by atoms with Crippen LogP contribution in [0.2, 0.25) is 0 Å². The Hall–Kier alpha value is -2.77. The molecular formula is C20H26N4O4. The van der Waals surface area contributed by atoms with E-state index in [9.17, 15) is 14.4 Å². The molecule has 150 valence electrons. The third-order valence-electron chi connectivity index (χ3n) is 5.35. The van der Waals surface area contributed by atoms with Crippen LogP contribution in [0.25, 0.3) is 11.0 Å². The van der Waals surface area contributed by atoms with Crippen LogP contribution in [0.3, 0.4) is 0 Å². The third-order valence-corrected chi connectivity index (χ3v) is 5.35. The number of carbonyl (C=O) groups excluding carboxylic acids is 3. The second kappa shape index (κ2) is 8.95. The molecule has 2 aromatic rings. The number of aromatic nitrogens is 2. The van der Waals surface area contributed by atoms with E-state index in [4.69, 9.17) is 0 Å². The molecule has 8 nitrogen and oxygen atoms in total. The van der Waals surface area contributed by atoms with Crippen LogP contribution in [0.5, 0.6) is 0 Å². The molecule has 1 aromatic heterocycles. The van der Waals surface area contributed by atoms with Crippen molar-refractivity contribution in [3.8, 4) is 0 Å². The fourth-order valence-electron chi connectivity index (χ4n) is 3.74. The molecule has 8 heteroatoms. The van der Waals surface area contributed by atoms with Gasteiger partial charge in [0.05, 0.1) is 0 Å². The molecule has 3 atom stereocenters. The molecule has 1 aliphatic carbocycles. The van der Waals surface area contributed by atoms with Gasteiger partial charge in [0.15, 0.2) is 0 Å². The van der Waals surface area contributed by atoms with Gasteiger partial charge in [-0.25, -0.2) is 4.63 Å². The smallest absolute Gasteiger partial charge is 0.252 e. The number of Topliss-reactive ketones (excluding diaryl/α,β-unsaturated/α-hetero) is 1. The minimum absolute atomic E-state index is 0.103. The van der Waals surface area contributed by atoms with Crippen LogP contribution in [0.1, 0.15) is 62.7 Å². The van der Waals surface area contributed by atoms with Gasteiger partial charge in [0.2, 0.25) is 5.91 Å². The first-order valence-corrected chi connectivity index (χ1v) is 9.83. The number of benzene rings is 1. The van der Waals surface area contributed by atoms with E-state index in [0.29, 0.717) is 23.0 Å². The highest BCUT2D eigenvalue weighted by Gasteiger charge is 2.33. The zero-order valence-electron chi connectivity index (χ0n) is 16.2. The van der Waals surface area contributed by atoms with Crippen LogP contribution in [0, 0.1) is 5.92 Å². The molecule has 1 aromatic carbocycles. The Kier molecular flexibility index (Phi) is 6.38. The first-order valence-electron chi connectivity index (χ1n) is 9.83. The summed E-state index contributed by atoms with van der Waals surface area (Å²) in [6, 6.07) is 4.06. The minimum Gasteiger partial charge on any atom is -0.351 e. The van der Waals surface area contributed by atoms with Crippen LogP contribution < -0.4 is 10.6 Å². The zero-order valence-corrected chi connectivity index (χ0v) is 16.2. The number of unbranched alkanes of at least 4 members (excludes halogenated alkanes) is 1. The number of amides is 2. The third kappa shape index (κ3) is 4.55. The van der Waals surface area contributed by atoms with E-state index in [2.05, 4.69) is 25.6 Å². The summed E-state index contributed by atoms with van der Waals surface area (Å²) in [6.45, 7) is 3.60. The SMILES string of the molecule is CCCC[C@H](NC(=O)c1ccc2nonc2c1)C(=O)N[C@H]1CCC[C@H]1C(C)=O. The lowest BCUT2D eigenvalue weighted by Gasteiger charge is -2.23. The van der Waals surface area contributed by atoms with Gasteiger partial charge in [0.25, 0.3) is 5.91 Å². The van der Waals surface area contributed by atoms with Crippen molar-refractivity contribution in [3.63, 3.8) is 0 Å². The Morgan fingerprint density at radius 2 is 2.00 bits per heavy atom. The summed E-state index contributed by atoms with van der Waals surface area (Å²) in [7, 11) is 0. The van der Waals surface area contributed by atoms with Crippen molar-refractivity contribution in [1.29, 1.82) is 0 Å². The van der Waals surface area contributed by atoms with Crippen molar-refractivity contribution in [2.24, 2.45) is 5.92 Å². The molecule has 1 aliphatic rings. The van der Waals surface area contributed by atoms with Gasteiger partial charge in [-0.2, -0.15) is 0 Å². The maximum absolute atomic E-state index is 12.8. The Balaban J connectivity index is 1.69. The predicted molar refractivity (Wildman–Crippen MR) is 103 cm³/mol. The number of hydrogen-bond acceptors (Lipinski definition) is 6. The number of rotatable bonds is 8. The van der Waals surface area contributed by atoms with Crippen LogP contribution >= 0.6 is 0 Å². The van der Waals surface area contributed by atoms with E-state index in [1.807, 2.05) is 6.92 Å². The average Bonchev–Trinajstić information content (AvgIpc) is 3.33. The number of fused-ring (bicyclic) bond motifs is 1. The normalized spacial score (nSPS) is 20.1. The molecule has 2 amide bonds. The Bertz CT molecular complexity index is 863. The summed E-state index contributed by atoms with van der Waals surface area (Å²) in [6.07, 6.45) is 4.78. The fraction of sp³-hybridized carbons (Fsp3) is 0.550. The van der Waals surface area contributed by atoms with Gasteiger partial charge in [0.1, 0.15) is 22.9 Å². The van der Waals surface area contributed by atoms with E-state index >= 15 is 0 Å². The molecule has 0 bridgehead atoms. The predicted octanol–water partition coefficient (Wildman–Crippen LogP) is 2.39. The van der Waals surface area contributed by atoms with E-state index in [0.717, 1.165) is 32.1 Å². The number of hydrogen-bond donors (Lipinski definition) is 2. The summed E-state index contributed by atoms with van der Waals surface area (Å²) in [4.78, 5) is 37.3. The maximum Gasteiger partial charge on any atom is 0.252 e. The van der Waals surface area contributed by atoms with E-state index < -0.39 is 6.04 Å². The lowest BCUT2D eigenvalue weighted by Crippen LogP contribution is -2.51. The van der Waals surface area contributed by atoms with Gasteiger partial charge >= 0.3 is 0 Å². The van der Waals surface area contributed by atoms with Crippen molar-refractivity contribution >= 4 is 28.6 Å². The summed E-state index contributed by atoms with van der Waals surface area (Å²) >= 11 is 0. The van der Waals surface area contributed by atoms with Crippen molar-refractivity contribution in [1.82, 2.24) is 20.9 Å². The number of nitrogens with one attached hydrogen (secondary N) is 2. The van der Waals surface area contributed by atoms with Crippen molar-refractivity contribution < 1.29 is 19.0 Å². The van der Waals surface area contributed by atoms with Gasteiger partial charge in [-0.3, -0.25) is 14.4 Å². The van der Waals surface area contributed by atoms with Gasteiger partial charge < -0.3 is 10.6 Å². The lowest BCUT2D eigenvalue weighted by atomic mass is 9.98. The molecule has 0 aliphatic heterocycles. The summed E-state index contributed by atoms with van der Waals surface area (Å²) in [5, 5.41) is 13.3. The van der Waals surface area contributed by atoms with Crippen molar-refractivity contribution in [3.05, 3.63) is 23.8 Å². The fourth-order valence-corrected chi connectivity index (χ4v) is 3.74. The lowest BCUT2D eigenvalue weighted by molar-refractivity contribution is -0.125. The molecule has 1 fully saturated rings. The quantitative estimate of drug-likeness (QED) is 0.720. The van der Waals surface area contributed by atoms with E-state index in [1.54, 1.807) is 25.1 Å². The molecular weight excluding hydrogens is 360 g/mol. The largest absolute Gasteiger partial charge is 0.351 e. The van der Waals surface area contributed by atoms with Crippen LogP contribution in [-0.4, -0.2) is 40.0 Å². The molecule has 1 saturated carbocycles. The molecule has 0 saturated heterocycles. The number of carbonyl (C=O) groups is 3. The van der Waals surface area contributed by atoms with Crippen molar-refractivity contribution in [2.45, 2.75) is 64.5 Å². The second-order valence-electron chi connectivity index (χ2n) is 7.40. The van der Waals surface area contributed by atoms with Gasteiger partial charge in [-0.05, 0) is 54.7 Å². The van der Waals surface area contributed by atoms with Crippen LogP contribution in [-0.2, 0) is 9.59 Å². The average molecular weight is 386 g/mol. The van der Waals surface area contributed by atoms with Crippen LogP contribution in [0.15, 0.2) is 22.8 Å². The second-order valence-corrected chi connectivity index (χ2v) is 7.40. The zero-order chi connectivity index (χ0) is 20.1. The monoisotopic (exact) mass is 386 g/mol. The van der Waals surface area contributed by atoms with Gasteiger partial charge in [-0.15, -0.1) is 0 Å². The molecule has 1 heterocycles. The molecule has 2 N–H and O–H groups in total. The molecule has 3 rings (SSSR count). The molecule has 0 spiro atoms. The van der Waals surface area contributed by atoms with Crippen molar-refractivity contribution in [2.75, 3.05) is 0 Å². The van der Waals surface area contributed by atoms with E-state index in [1.165, 1.54) is 0 Å². The van der Waals surface area contributed by atoms with Gasteiger partial charge in [-0.1, -0.05) is 26.2 Å². The van der Waals surface area contributed by atoms with Crippen LogP contribution in [0.4, 0.5) is 0 Å². The first-order chi connectivity index (χ1) is 13.5. The Morgan fingerprint density at radius 1 is 1.21 bits per heavy atom. The molecule has 28 heavy (non-hydrogen) atoms. The topological polar surface area (TPSA) is 114 Å². The summed E-state index contributed by atoms with van der Waals surface area (Å²) < 4.78 is 4.65. The summed E-state index contributed by atoms with van der Waals surface area (Å²) in [5.41, 5.74) is 1.44.